The van der Waals surface area contributed by atoms with Crippen LogP contribution in [0.5, 0.6) is 5.75 Å². The van der Waals surface area contributed by atoms with E-state index in [9.17, 15) is 5.11 Å². The molecule has 0 saturated heterocycles. The summed E-state index contributed by atoms with van der Waals surface area (Å²) >= 11 is 0. The second-order valence-corrected chi connectivity index (χ2v) is 6.54. The second-order valence-electron chi connectivity index (χ2n) is 6.54. The Kier molecular flexibility index (Phi) is 6.92. The molecule has 2 aromatic carbocycles. The fraction of sp³-hybridized carbons (Fsp3) is 0.318. The largest absolute Gasteiger partial charge is 0.497 e. The number of nitrogens with one attached hydrogen (secondary N) is 3. The zero-order valence-electron chi connectivity index (χ0n) is 16.4. The summed E-state index contributed by atoms with van der Waals surface area (Å²) in [5.74, 6) is 1.47. The van der Waals surface area contributed by atoms with Gasteiger partial charge in [-0.15, -0.1) is 0 Å². The zero-order valence-corrected chi connectivity index (χ0v) is 16.4. The molecule has 1 unspecified atom stereocenters. The Bertz CT molecular complexity index is 902. The summed E-state index contributed by atoms with van der Waals surface area (Å²) < 4.78 is 5.15. The van der Waals surface area contributed by atoms with Crippen molar-refractivity contribution in [1.82, 2.24) is 15.6 Å². The van der Waals surface area contributed by atoms with E-state index < -0.39 is 6.10 Å². The minimum absolute atomic E-state index is 0.286. The lowest BCUT2D eigenvalue weighted by atomic mass is 10.1. The number of fused-ring (bicyclic) bond motifs is 1. The molecule has 0 amide bonds. The molecule has 0 saturated carbocycles. The van der Waals surface area contributed by atoms with Crippen molar-refractivity contribution in [2.45, 2.75) is 19.4 Å². The highest BCUT2D eigenvalue weighted by atomic mass is 16.5. The minimum atomic E-state index is -0.657. The van der Waals surface area contributed by atoms with Gasteiger partial charge in [0.25, 0.3) is 0 Å². The molecule has 0 fully saturated rings. The third-order valence-corrected chi connectivity index (χ3v) is 4.63. The van der Waals surface area contributed by atoms with E-state index in [2.05, 4.69) is 45.0 Å². The number of hydrogen-bond acceptors (Lipinski definition) is 3. The van der Waals surface area contributed by atoms with Gasteiger partial charge in [0.05, 0.1) is 19.8 Å². The summed E-state index contributed by atoms with van der Waals surface area (Å²) in [6.45, 7) is 3.83. The van der Waals surface area contributed by atoms with Crippen molar-refractivity contribution in [2.75, 3.05) is 26.7 Å². The van der Waals surface area contributed by atoms with Gasteiger partial charge in [0.1, 0.15) is 5.75 Å². The van der Waals surface area contributed by atoms with Gasteiger partial charge in [-0.25, -0.2) is 0 Å². The number of aliphatic hydroxyl groups excluding tert-OH is 1. The lowest BCUT2D eigenvalue weighted by Crippen LogP contribution is -2.38. The van der Waals surface area contributed by atoms with Crippen LogP contribution in [0.1, 0.15) is 24.2 Å². The number of aromatic amines is 1. The van der Waals surface area contributed by atoms with Gasteiger partial charge in [0.2, 0.25) is 0 Å². The molecule has 6 heteroatoms. The molecule has 0 spiro atoms. The maximum atomic E-state index is 10.4. The maximum Gasteiger partial charge on any atom is 0.191 e. The molecule has 1 aromatic heterocycles. The normalized spacial score (nSPS) is 12.8. The summed E-state index contributed by atoms with van der Waals surface area (Å²) in [6, 6.07) is 15.7. The van der Waals surface area contributed by atoms with E-state index in [0.717, 1.165) is 36.3 Å². The molecular weight excluding hydrogens is 352 g/mol. The van der Waals surface area contributed by atoms with E-state index in [1.54, 1.807) is 7.11 Å². The number of rotatable bonds is 8. The molecule has 28 heavy (non-hydrogen) atoms. The predicted molar refractivity (Wildman–Crippen MR) is 114 cm³/mol. The van der Waals surface area contributed by atoms with Crippen LogP contribution >= 0.6 is 0 Å². The molecule has 1 heterocycles. The van der Waals surface area contributed by atoms with Crippen molar-refractivity contribution in [2.24, 2.45) is 4.99 Å². The molecule has 0 aliphatic carbocycles. The molecule has 0 aliphatic rings. The highest BCUT2D eigenvalue weighted by Crippen LogP contribution is 2.18. The van der Waals surface area contributed by atoms with E-state index in [1.807, 2.05) is 37.3 Å². The minimum Gasteiger partial charge on any atom is -0.497 e. The highest BCUT2D eigenvalue weighted by molar-refractivity contribution is 5.83. The third-order valence-electron chi connectivity index (χ3n) is 4.63. The van der Waals surface area contributed by atoms with Crippen LogP contribution in [0.2, 0.25) is 0 Å². The highest BCUT2D eigenvalue weighted by Gasteiger charge is 2.08. The molecule has 0 aliphatic heterocycles. The van der Waals surface area contributed by atoms with Crippen molar-refractivity contribution >= 4 is 16.9 Å². The zero-order chi connectivity index (χ0) is 19.8. The van der Waals surface area contributed by atoms with Gasteiger partial charge >= 0.3 is 0 Å². The summed E-state index contributed by atoms with van der Waals surface area (Å²) in [5.41, 5.74) is 3.25. The number of para-hydroxylation sites is 1. The molecule has 148 valence electrons. The van der Waals surface area contributed by atoms with E-state index in [0.29, 0.717) is 5.96 Å². The Morgan fingerprint density at radius 3 is 2.68 bits per heavy atom. The smallest absolute Gasteiger partial charge is 0.191 e. The molecule has 0 radical (unpaired) electrons. The lowest BCUT2D eigenvalue weighted by Gasteiger charge is -2.13. The molecule has 0 bridgehead atoms. The van der Waals surface area contributed by atoms with Crippen LogP contribution in [0.4, 0.5) is 0 Å². The van der Waals surface area contributed by atoms with Crippen LogP contribution in [0.25, 0.3) is 10.9 Å². The van der Waals surface area contributed by atoms with Crippen LogP contribution in [0.15, 0.2) is 59.7 Å². The molecule has 6 nitrogen and oxygen atoms in total. The van der Waals surface area contributed by atoms with Crippen LogP contribution in [0.3, 0.4) is 0 Å². The summed E-state index contributed by atoms with van der Waals surface area (Å²) in [5, 5.41) is 18.2. The van der Waals surface area contributed by atoms with E-state index >= 15 is 0 Å². The first-order chi connectivity index (χ1) is 13.7. The van der Waals surface area contributed by atoms with Gasteiger partial charge in [0.15, 0.2) is 5.96 Å². The molecule has 3 rings (SSSR count). The molecule has 3 aromatic rings. The Labute approximate surface area is 165 Å². The predicted octanol–water partition coefficient (Wildman–Crippen LogP) is 3.01. The van der Waals surface area contributed by atoms with Crippen molar-refractivity contribution in [3.8, 4) is 5.75 Å². The number of benzene rings is 2. The number of aromatic nitrogens is 1. The first-order valence-corrected chi connectivity index (χ1v) is 9.60. The van der Waals surface area contributed by atoms with Crippen molar-refractivity contribution in [3.63, 3.8) is 0 Å². The van der Waals surface area contributed by atoms with Gasteiger partial charge in [-0.05, 0) is 42.7 Å². The van der Waals surface area contributed by atoms with E-state index in [-0.39, 0.29) is 6.54 Å². The standard InChI is InChI=1S/C22H28N4O2/c1-3-23-22(26-15-21(27)16-8-10-18(28-2)11-9-16)24-13-12-17-14-25-20-7-5-4-6-19(17)20/h4-11,14,21,25,27H,3,12-13,15H2,1-2H3,(H2,23,24,26). The fourth-order valence-electron chi connectivity index (χ4n) is 3.10. The first-order valence-electron chi connectivity index (χ1n) is 9.60. The average molecular weight is 380 g/mol. The Hall–Kier alpha value is -2.99. The lowest BCUT2D eigenvalue weighted by molar-refractivity contribution is 0.187. The van der Waals surface area contributed by atoms with Gasteiger partial charge in [0, 0.05) is 30.2 Å². The van der Waals surface area contributed by atoms with Crippen molar-refractivity contribution in [3.05, 3.63) is 65.9 Å². The Morgan fingerprint density at radius 1 is 1.14 bits per heavy atom. The van der Waals surface area contributed by atoms with Gasteiger partial charge in [-0.3, -0.25) is 4.99 Å². The monoisotopic (exact) mass is 380 g/mol. The molecule has 4 N–H and O–H groups in total. The molecular formula is C22H28N4O2. The van der Waals surface area contributed by atoms with Crippen molar-refractivity contribution < 1.29 is 9.84 Å². The summed E-state index contributed by atoms with van der Waals surface area (Å²) in [4.78, 5) is 7.82. The van der Waals surface area contributed by atoms with Crippen LogP contribution in [-0.4, -0.2) is 42.8 Å². The fourth-order valence-corrected chi connectivity index (χ4v) is 3.10. The number of aliphatic imine (C=N–C) groups is 1. The number of ether oxygens (including phenoxy) is 1. The third kappa shape index (κ3) is 5.04. The number of aliphatic hydroxyl groups is 1. The summed E-state index contributed by atoms with van der Waals surface area (Å²) in [7, 11) is 1.63. The Balaban J connectivity index is 1.56. The van der Waals surface area contributed by atoms with Crippen molar-refractivity contribution in [1.29, 1.82) is 0 Å². The average Bonchev–Trinajstić information content (AvgIpc) is 3.15. The maximum absolute atomic E-state index is 10.4. The SMILES string of the molecule is CCNC(=NCC(O)c1ccc(OC)cc1)NCCc1c[nH]c2ccccc12. The summed E-state index contributed by atoms with van der Waals surface area (Å²) in [6.07, 6.45) is 2.29. The van der Waals surface area contributed by atoms with Crippen LogP contribution < -0.4 is 15.4 Å². The topological polar surface area (TPSA) is 81.7 Å². The Morgan fingerprint density at radius 2 is 1.93 bits per heavy atom. The number of H-pyrrole nitrogens is 1. The van der Waals surface area contributed by atoms with Crippen LogP contribution in [-0.2, 0) is 6.42 Å². The second kappa shape index (κ2) is 9.80. The van der Waals surface area contributed by atoms with E-state index in [1.165, 1.54) is 10.9 Å². The quantitative estimate of drug-likeness (QED) is 0.358. The number of guanidine groups is 1. The van der Waals surface area contributed by atoms with Gasteiger partial charge < -0.3 is 25.5 Å². The van der Waals surface area contributed by atoms with Crippen LogP contribution in [0, 0.1) is 0 Å². The molecule has 1 atom stereocenters. The number of hydrogen-bond donors (Lipinski definition) is 4. The number of methoxy groups -OCH3 is 1. The van der Waals surface area contributed by atoms with Gasteiger partial charge in [-0.1, -0.05) is 30.3 Å². The van der Waals surface area contributed by atoms with Gasteiger partial charge in [-0.2, -0.15) is 0 Å². The number of nitrogens with zero attached hydrogens (tertiary/aromatic N) is 1. The first kappa shape index (κ1) is 19.8. The van der Waals surface area contributed by atoms with E-state index in [4.69, 9.17) is 4.74 Å².